The molecular weight excluding hydrogens is 643 g/mol. The molecule has 5 rings (SSSR count). The normalized spacial score (nSPS) is 17.7. The summed E-state index contributed by atoms with van der Waals surface area (Å²) in [5, 5.41) is 9.26. The lowest BCUT2D eigenvalue weighted by molar-refractivity contribution is -0.871. The number of anilines is 1. The van der Waals surface area contributed by atoms with Gasteiger partial charge in [0.1, 0.15) is 6.42 Å². The van der Waals surface area contributed by atoms with E-state index in [-0.39, 0.29) is 17.3 Å². The zero-order valence-electron chi connectivity index (χ0n) is 33.5. The summed E-state index contributed by atoms with van der Waals surface area (Å²) >= 11 is 0. The molecule has 0 bridgehead atoms. The van der Waals surface area contributed by atoms with Crippen LogP contribution in [0.1, 0.15) is 63.6 Å². The van der Waals surface area contributed by atoms with Crippen LogP contribution < -0.4 is 9.47 Å². The average Bonchev–Trinajstić information content (AvgIpc) is 3.41. The Morgan fingerprint density at radius 1 is 0.788 bits per heavy atom. The summed E-state index contributed by atoms with van der Waals surface area (Å²) < 4.78 is 6.37. The Labute approximate surface area is 313 Å². The fourth-order valence-corrected chi connectivity index (χ4v) is 7.78. The molecule has 0 atom stereocenters. The van der Waals surface area contributed by atoms with E-state index in [1.165, 1.54) is 33.9 Å². The third-order valence-electron chi connectivity index (χ3n) is 10.7. The predicted octanol–water partition coefficient (Wildman–Crippen LogP) is 7.34. The summed E-state index contributed by atoms with van der Waals surface area (Å²) in [5.41, 5.74) is 9.83. The second-order valence-corrected chi connectivity index (χ2v) is 17.7. The summed E-state index contributed by atoms with van der Waals surface area (Å²) in [6.07, 6.45) is 15.5. The standard InChI is InChI=1S/C45H62N5O2/c1-44(2)37-17-11-13-19-39(37)47(28-15-33-49(5,6)7)41(44)23-21-35(36-25-30-46(31-26-36)32-27-43(51)52)22-24-42-45(3,4)38-18-12-14-20-40(38)48(42)29-16-34-50(8,9)10/h11-14,17-26,30-31H,15-16,27-29,32-34H2,1-10H3/q+3/p+1. The van der Waals surface area contributed by atoms with Crippen LogP contribution in [0, 0.1) is 0 Å². The Hall–Kier alpha value is -4.33. The summed E-state index contributed by atoms with van der Waals surface area (Å²) in [6, 6.07) is 22.0. The summed E-state index contributed by atoms with van der Waals surface area (Å²) in [4.78, 5) is 13.8. The first-order valence-electron chi connectivity index (χ1n) is 18.9. The van der Waals surface area contributed by atoms with Crippen LogP contribution in [0.4, 0.5) is 11.4 Å². The van der Waals surface area contributed by atoms with Crippen LogP contribution in [-0.4, -0.2) is 98.8 Å². The van der Waals surface area contributed by atoms with Crippen LogP contribution in [-0.2, 0) is 22.2 Å². The van der Waals surface area contributed by atoms with E-state index in [4.69, 9.17) is 0 Å². The lowest BCUT2D eigenvalue weighted by atomic mass is 9.81. The van der Waals surface area contributed by atoms with Crippen LogP contribution in [0.3, 0.4) is 0 Å². The first-order chi connectivity index (χ1) is 24.4. The number of hydrogen-bond donors (Lipinski definition) is 1. The number of hydrogen-bond acceptors (Lipinski definition) is 2. The van der Waals surface area contributed by atoms with E-state index in [2.05, 4.69) is 164 Å². The number of aliphatic carboxylic acids is 1. The van der Waals surface area contributed by atoms with E-state index >= 15 is 0 Å². The molecule has 3 heterocycles. The number of carboxylic acids is 1. The van der Waals surface area contributed by atoms with Crippen molar-refractivity contribution in [2.75, 3.05) is 73.4 Å². The van der Waals surface area contributed by atoms with Gasteiger partial charge in [-0.05, 0) is 48.8 Å². The molecule has 0 radical (unpaired) electrons. The van der Waals surface area contributed by atoms with Crippen molar-refractivity contribution in [3.05, 3.63) is 120 Å². The van der Waals surface area contributed by atoms with Crippen molar-refractivity contribution >= 4 is 28.6 Å². The van der Waals surface area contributed by atoms with Gasteiger partial charge in [-0.25, -0.2) is 4.57 Å². The number of quaternary nitrogens is 2. The smallest absolute Gasteiger partial charge is 0.309 e. The van der Waals surface area contributed by atoms with Crippen molar-refractivity contribution in [2.24, 2.45) is 0 Å². The second kappa shape index (κ2) is 15.3. The van der Waals surface area contributed by atoms with E-state index in [9.17, 15) is 9.90 Å². The molecule has 0 saturated heterocycles. The molecule has 3 aromatic rings. The lowest BCUT2D eigenvalue weighted by Gasteiger charge is -2.29. The summed E-state index contributed by atoms with van der Waals surface area (Å²) in [6.45, 7) is 13.9. The van der Waals surface area contributed by atoms with E-state index < -0.39 is 5.97 Å². The van der Waals surface area contributed by atoms with Gasteiger partial charge in [0.05, 0.1) is 67.2 Å². The van der Waals surface area contributed by atoms with Gasteiger partial charge in [-0.2, -0.15) is 4.58 Å². The molecule has 2 aromatic carbocycles. The maximum absolute atomic E-state index is 11.3. The van der Waals surface area contributed by atoms with Crippen LogP contribution in [0.25, 0.3) is 5.57 Å². The van der Waals surface area contributed by atoms with Gasteiger partial charge in [-0.1, -0.05) is 56.3 Å². The lowest BCUT2D eigenvalue weighted by Crippen LogP contribution is -2.37. The van der Waals surface area contributed by atoms with Crippen LogP contribution in [0.15, 0.2) is 103 Å². The molecule has 276 valence electrons. The molecule has 7 heteroatoms. The van der Waals surface area contributed by atoms with Crippen LogP contribution in [0.5, 0.6) is 0 Å². The quantitative estimate of drug-likeness (QED) is 0.102. The number of allylic oxidation sites excluding steroid dienone is 6. The van der Waals surface area contributed by atoms with Crippen molar-refractivity contribution in [1.29, 1.82) is 0 Å². The highest BCUT2D eigenvalue weighted by atomic mass is 16.4. The summed E-state index contributed by atoms with van der Waals surface area (Å²) in [5.74, 6) is -0.791. The molecule has 0 fully saturated rings. The molecule has 52 heavy (non-hydrogen) atoms. The molecule has 2 aliphatic heterocycles. The maximum Gasteiger partial charge on any atom is 0.309 e. The Kier molecular flexibility index (Phi) is 11.5. The molecule has 7 nitrogen and oxygen atoms in total. The van der Waals surface area contributed by atoms with Gasteiger partial charge in [0, 0.05) is 59.6 Å². The topological polar surface area (TPSA) is 47.4 Å². The van der Waals surface area contributed by atoms with Gasteiger partial charge < -0.3 is 19.0 Å². The first kappa shape index (κ1) is 38.9. The number of aryl methyl sites for hydroxylation is 1. The molecule has 0 aliphatic carbocycles. The monoisotopic (exact) mass is 705 g/mol. The average molecular weight is 706 g/mol. The minimum Gasteiger partial charge on any atom is -0.481 e. The Bertz CT molecular complexity index is 1880. The number of benzene rings is 2. The van der Waals surface area contributed by atoms with E-state index in [0.717, 1.165) is 59.1 Å². The number of pyridine rings is 1. The minimum absolute atomic E-state index is 0.0934. The number of fused-ring (bicyclic) bond motifs is 2. The number of nitrogens with zero attached hydrogens (tertiary/aromatic N) is 5. The van der Waals surface area contributed by atoms with Gasteiger partial charge in [0.2, 0.25) is 5.69 Å². The van der Waals surface area contributed by atoms with Gasteiger partial charge in [0.15, 0.2) is 31.2 Å². The van der Waals surface area contributed by atoms with Gasteiger partial charge in [-0.15, -0.1) is 0 Å². The van der Waals surface area contributed by atoms with Crippen molar-refractivity contribution in [3.63, 3.8) is 0 Å². The Morgan fingerprint density at radius 3 is 2.06 bits per heavy atom. The zero-order valence-corrected chi connectivity index (χ0v) is 33.5. The molecule has 1 N–H and O–H groups in total. The Balaban J connectivity index is 1.60. The molecule has 0 unspecified atom stereocenters. The predicted molar refractivity (Wildman–Crippen MR) is 215 cm³/mol. The highest BCUT2D eigenvalue weighted by Gasteiger charge is 2.44. The van der Waals surface area contributed by atoms with Gasteiger partial charge in [0.25, 0.3) is 0 Å². The number of para-hydroxylation sites is 2. The van der Waals surface area contributed by atoms with E-state index in [0.29, 0.717) is 6.54 Å². The molecule has 1 aromatic heterocycles. The highest BCUT2D eigenvalue weighted by molar-refractivity contribution is 6.04. The molecule has 0 amide bonds. The van der Waals surface area contributed by atoms with E-state index in [1.54, 1.807) is 0 Å². The number of carboxylic acid groups (broad SMARTS) is 1. The number of aromatic nitrogens is 1. The maximum atomic E-state index is 11.3. The molecule has 0 saturated carbocycles. The SMILES string of the molecule is CC1(C)C(=CC=C(C=CC2=[N+](CCC[N+](C)(C)C)c3ccccc3C2(C)C)c2cc[n+](CCC(=O)O)cc2)N(CCC[N+](C)(C)C)c2ccccc21. The largest absolute Gasteiger partial charge is 0.481 e. The second-order valence-electron chi connectivity index (χ2n) is 17.7. The Morgan fingerprint density at radius 2 is 1.40 bits per heavy atom. The van der Waals surface area contributed by atoms with E-state index in [1.807, 2.05) is 17.0 Å². The number of rotatable bonds is 15. The first-order valence-corrected chi connectivity index (χ1v) is 18.9. The zero-order chi connectivity index (χ0) is 37.9. The van der Waals surface area contributed by atoms with Crippen LogP contribution in [0.2, 0.25) is 0 Å². The fraction of sp³-hybridized carbons (Fsp3) is 0.444. The van der Waals surface area contributed by atoms with Crippen molar-refractivity contribution in [1.82, 2.24) is 0 Å². The molecule has 0 spiro atoms. The van der Waals surface area contributed by atoms with Crippen molar-refractivity contribution in [2.45, 2.75) is 64.3 Å². The molecular formula is C45H63N5O2+4. The third kappa shape index (κ3) is 8.99. The highest BCUT2D eigenvalue weighted by Crippen LogP contribution is 2.48. The van der Waals surface area contributed by atoms with Crippen LogP contribution >= 0.6 is 0 Å². The van der Waals surface area contributed by atoms with Gasteiger partial charge in [-0.3, -0.25) is 4.79 Å². The minimum atomic E-state index is -0.791. The third-order valence-corrected chi connectivity index (χ3v) is 10.7. The number of carbonyl (C=O) groups is 1. The summed E-state index contributed by atoms with van der Waals surface area (Å²) in [7, 11) is 13.6. The molecule has 2 aliphatic rings. The fourth-order valence-electron chi connectivity index (χ4n) is 7.78. The van der Waals surface area contributed by atoms with Crippen molar-refractivity contribution in [3.8, 4) is 0 Å². The van der Waals surface area contributed by atoms with Gasteiger partial charge >= 0.3 is 5.97 Å². The van der Waals surface area contributed by atoms with Crippen molar-refractivity contribution < 1.29 is 28.0 Å².